The number of halogens is 1. The van der Waals surface area contributed by atoms with Crippen molar-refractivity contribution in [2.75, 3.05) is 18.4 Å². The molecule has 1 aromatic rings. The molecule has 3 rings (SSSR count). The number of hydrogen-bond donors (Lipinski definition) is 2. The predicted molar refractivity (Wildman–Crippen MR) is 73.6 cm³/mol. The van der Waals surface area contributed by atoms with Crippen LogP contribution < -0.4 is 5.32 Å². The molecule has 2 aliphatic rings. The van der Waals surface area contributed by atoms with E-state index in [2.05, 4.69) is 5.32 Å². The molecule has 2 heterocycles. The summed E-state index contributed by atoms with van der Waals surface area (Å²) in [5.74, 6) is -0.378. The van der Waals surface area contributed by atoms with Crippen LogP contribution in [0, 0.1) is 5.82 Å². The first kappa shape index (κ1) is 13.7. The first-order chi connectivity index (χ1) is 10.0. The highest BCUT2D eigenvalue weighted by Gasteiger charge is 2.32. The number of carboxylic acid groups (broad SMARTS) is 1. The molecule has 0 saturated carbocycles. The molecular formula is C14H16FN3O3. The van der Waals surface area contributed by atoms with E-state index in [9.17, 15) is 14.0 Å². The quantitative estimate of drug-likeness (QED) is 0.834. The summed E-state index contributed by atoms with van der Waals surface area (Å²) in [5, 5.41) is 11.6. The second-order valence-electron chi connectivity index (χ2n) is 5.36. The number of benzene rings is 1. The van der Waals surface area contributed by atoms with Crippen LogP contribution in [0.15, 0.2) is 18.2 Å². The van der Waals surface area contributed by atoms with Crippen LogP contribution >= 0.6 is 0 Å². The van der Waals surface area contributed by atoms with Gasteiger partial charge in [0.25, 0.3) is 0 Å². The van der Waals surface area contributed by atoms with Gasteiger partial charge in [-0.25, -0.2) is 14.0 Å². The number of likely N-dealkylation sites (tertiary alicyclic amines) is 1. The predicted octanol–water partition coefficient (Wildman–Crippen LogP) is 2.32. The van der Waals surface area contributed by atoms with E-state index in [1.807, 2.05) is 0 Å². The SMILES string of the molecule is O=C(O)N1CCC(N2Cc3ccc(F)cc3NC2=O)CC1. The Labute approximate surface area is 121 Å². The van der Waals surface area contributed by atoms with Crippen molar-refractivity contribution in [1.82, 2.24) is 9.80 Å². The summed E-state index contributed by atoms with van der Waals surface area (Å²) < 4.78 is 13.2. The minimum absolute atomic E-state index is 0.0128. The third-order valence-electron chi connectivity index (χ3n) is 4.09. The van der Waals surface area contributed by atoms with Crippen molar-refractivity contribution in [3.63, 3.8) is 0 Å². The van der Waals surface area contributed by atoms with Gasteiger partial charge in [0, 0.05) is 25.7 Å². The molecule has 7 heteroatoms. The fourth-order valence-electron chi connectivity index (χ4n) is 2.91. The van der Waals surface area contributed by atoms with Gasteiger partial charge in [0.05, 0.1) is 5.69 Å². The molecular weight excluding hydrogens is 277 g/mol. The molecule has 0 radical (unpaired) electrons. The molecule has 0 bridgehead atoms. The molecule has 0 aliphatic carbocycles. The van der Waals surface area contributed by atoms with Crippen LogP contribution in [0.4, 0.5) is 19.7 Å². The smallest absolute Gasteiger partial charge is 0.407 e. The average Bonchev–Trinajstić information content (AvgIpc) is 2.46. The van der Waals surface area contributed by atoms with Gasteiger partial charge in [-0.1, -0.05) is 6.07 Å². The van der Waals surface area contributed by atoms with Crippen LogP contribution in [0.3, 0.4) is 0 Å². The van der Waals surface area contributed by atoms with Crippen molar-refractivity contribution >= 4 is 17.8 Å². The molecule has 21 heavy (non-hydrogen) atoms. The van der Waals surface area contributed by atoms with Gasteiger partial charge < -0.3 is 20.2 Å². The number of rotatable bonds is 1. The van der Waals surface area contributed by atoms with Gasteiger partial charge in [-0.05, 0) is 30.5 Å². The second kappa shape index (κ2) is 5.23. The third-order valence-corrected chi connectivity index (χ3v) is 4.09. The van der Waals surface area contributed by atoms with Crippen LogP contribution in [0.5, 0.6) is 0 Å². The van der Waals surface area contributed by atoms with E-state index < -0.39 is 6.09 Å². The number of piperidine rings is 1. The van der Waals surface area contributed by atoms with Crippen molar-refractivity contribution < 1.29 is 19.1 Å². The van der Waals surface area contributed by atoms with Crippen LogP contribution in [-0.4, -0.2) is 46.2 Å². The lowest BCUT2D eigenvalue weighted by Gasteiger charge is -2.39. The summed E-state index contributed by atoms with van der Waals surface area (Å²) in [6, 6.07) is 4.13. The number of anilines is 1. The highest BCUT2D eigenvalue weighted by molar-refractivity contribution is 5.92. The molecule has 3 amide bonds. The summed E-state index contributed by atoms with van der Waals surface area (Å²) in [6.45, 7) is 1.29. The molecule has 6 nitrogen and oxygen atoms in total. The standard InChI is InChI=1S/C14H16FN3O3/c15-10-2-1-9-8-18(13(19)16-12(9)7-10)11-3-5-17(6-4-11)14(20)21/h1-2,7,11H,3-6,8H2,(H,16,19)(H,20,21). The van der Waals surface area contributed by atoms with Crippen molar-refractivity contribution in [2.45, 2.75) is 25.4 Å². The third kappa shape index (κ3) is 2.63. The van der Waals surface area contributed by atoms with E-state index in [0.717, 1.165) is 5.56 Å². The van der Waals surface area contributed by atoms with E-state index >= 15 is 0 Å². The number of carbonyl (C=O) groups is 2. The zero-order chi connectivity index (χ0) is 15.0. The molecule has 1 aromatic carbocycles. The van der Waals surface area contributed by atoms with Crippen molar-refractivity contribution in [1.29, 1.82) is 0 Å². The summed E-state index contributed by atoms with van der Waals surface area (Å²) in [4.78, 5) is 26.1. The molecule has 0 unspecified atom stereocenters. The molecule has 0 atom stereocenters. The van der Waals surface area contributed by atoms with E-state index in [0.29, 0.717) is 38.2 Å². The van der Waals surface area contributed by atoms with Gasteiger partial charge in [-0.15, -0.1) is 0 Å². The van der Waals surface area contributed by atoms with Crippen LogP contribution in [0.25, 0.3) is 0 Å². The largest absolute Gasteiger partial charge is 0.465 e. The maximum atomic E-state index is 13.2. The van der Waals surface area contributed by atoms with E-state index in [1.54, 1.807) is 11.0 Å². The fraction of sp³-hybridized carbons (Fsp3) is 0.429. The maximum absolute atomic E-state index is 13.2. The van der Waals surface area contributed by atoms with Gasteiger partial charge in [0.15, 0.2) is 0 Å². The van der Waals surface area contributed by atoms with Crippen LogP contribution in [-0.2, 0) is 6.54 Å². The Morgan fingerprint density at radius 2 is 2.05 bits per heavy atom. The van der Waals surface area contributed by atoms with Gasteiger partial charge in [-0.3, -0.25) is 0 Å². The number of fused-ring (bicyclic) bond motifs is 1. The lowest BCUT2D eigenvalue weighted by atomic mass is 10.0. The lowest BCUT2D eigenvalue weighted by molar-refractivity contribution is 0.104. The second-order valence-corrected chi connectivity index (χ2v) is 5.36. The minimum Gasteiger partial charge on any atom is -0.465 e. The normalized spacial score (nSPS) is 19.2. The summed E-state index contributed by atoms with van der Waals surface area (Å²) in [6.07, 6.45) is 0.323. The number of amides is 3. The number of nitrogens with zero attached hydrogens (tertiary/aromatic N) is 2. The van der Waals surface area contributed by atoms with Crippen molar-refractivity contribution in [3.05, 3.63) is 29.6 Å². The molecule has 112 valence electrons. The Morgan fingerprint density at radius 1 is 1.33 bits per heavy atom. The van der Waals surface area contributed by atoms with E-state index in [-0.39, 0.29) is 17.9 Å². The Kier molecular flexibility index (Phi) is 3.40. The molecule has 2 aliphatic heterocycles. The van der Waals surface area contributed by atoms with Gasteiger partial charge in [0.1, 0.15) is 5.82 Å². The van der Waals surface area contributed by atoms with Crippen molar-refractivity contribution in [3.8, 4) is 0 Å². The monoisotopic (exact) mass is 293 g/mol. The van der Waals surface area contributed by atoms with Gasteiger partial charge >= 0.3 is 12.1 Å². The summed E-state index contributed by atoms with van der Waals surface area (Å²) in [5.41, 5.74) is 1.39. The molecule has 1 saturated heterocycles. The zero-order valence-corrected chi connectivity index (χ0v) is 11.4. The highest BCUT2D eigenvalue weighted by Crippen LogP contribution is 2.28. The zero-order valence-electron chi connectivity index (χ0n) is 11.4. The highest BCUT2D eigenvalue weighted by atomic mass is 19.1. The minimum atomic E-state index is -0.919. The topological polar surface area (TPSA) is 72.9 Å². The number of hydrogen-bond acceptors (Lipinski definition) is 2. The van der Waals surface area contributed by atoms with Crippen LogP contribution in [0.2, 0.25) is 0 Å². The average molecular weight is 293 g/mol. The Balaban J connectivity index is 1.71. The molecule has 1 fully saturated rings. The first-order valence-electron chi connectivity index (χ1n) is 6.88. The summed E-state index contributed by atoms with van der Waals surface area (Å²) in [7, 11) is 0. The van der Waals surface area contributed by atoms with Gasteiger partial charge in [0.2, 0.25) is 0 Å². The molecule has 0 aromatic heterocycles. The summed E-state index contributed by atoms with van der Waals surface area (Å²) >= 11 is 0. The Hall–Kier alpha value is -2.31. The lowest BCUT2D eigenvalue weighted by Crippen LogP contribution is -2.50. The molecule has 0 spiro atoms. The maximum Gasteiger partial charge on any atom is 0.407 e. The van der Waals surface area contributed by atoms with Crippen LogP contribution in [0.1, 0.15) is 18.4 Å². The van der Waals surface area contributed by atoms with E-state index in [4.69, 9.17) is 5.11 Å². The first-order valence-corrected chi connectivity index (χ1v) is 6.88. The fourth-order valence-corrected chi connectivity index (χ4v) is 2.91. The van der Waals surface area contributed by atoms with Crippen molar-refractivity contribution in [2.24, 2.45) is 0 Å². The van der Waals surface area contributed by atoms with Gasteiger partial charge in [-0.2, -0.15) is 0 Å². The number of carbonyl (C=O) groups excluding carboxylic acids is 1. The molecule has 2 N–H and O–H groups in total. The number of urea groups is 1. The Bertz CT molecular complexity index is 585. The number of nitrogens with one attached hydrogen (secondary N) is 1. The van der Waals surface area contributed by atoms with E-state index in [1.165, 1.54) is 17.0 Å². The Morgan fingerprint density at radius 3 is 2.71 bits per heavy atom.